The highest BCUT2D eigenvalue weighted by molar-refractivity contribution is 5.73. The van der Waals surface area contributed by atoms with Crippen LogP contribution in [-0.4, -0.2) is 13.1 Å². The summed E-state index contributed by atoms with van der Waals surface area (Å²) in [6.07, 6.45) is 2.86. The van der Waals surface area contributed by atoms with Crippen molar-refractivity contribution < 1.29 is 14.6 Å². The molecule has 0 aromatic heterocycles. The van der Waals surface area contributed by atoms with E-state index in [1.165, 1.54) is 18.2 Å². The number of aryl methyl sites for hydroxylation is 1. The van der Waals surface area contributed by atoms with Crippen molar-refractivity contribution in [2.75, 3.05) is 7.11 Å². The average Bonchev–Trinajstić information content (AvgIpc) is 2.75. The zero-order valence-corrected chi connectivity index (χ0v) is 10.3. The first-order chi connectivity index (χ1) is 8.27. The minimum atomic E-state index is -0.253. The van der Waals surface area contributed by atoms with E-state index in [0.29, 0.717) is 0 Å². The van der Waals surface area contributed by atoms with Crippen LogP contribution in [-0.2, 0) is 21.0 Å². The Kier molecular flexibility index (Phi) is 3.79. The minimum Gasteiger partial charge on any atom is -0.298 e. The van der Waals surface area contributed by atoms with Gasteiger partial charge in [-0.05, 0) is 36.3 Å². The van der Waals surface area contributed by atoms with Gasteiger partial charge in [0.05, 0.1) is 13.0 Å². The molecular formula is C14H18O3. The van der Waals surface area contributed by atoms with Crippen LogP contribution in [0.4, 0.5) is 0 Å². The van der Waals surface area contributed by atoms with Gasteiger partial charge in [-0.3, -0.25) is 4.89 Å². The summed E-state index contributed by atoms with van der Waals surface area (Å²) < 4.78 is 0. The summed E-state index contributed by atoms with van der Waals surface area (Å²) in [6, 6.07) is 8.35. The van der Waals surface area contributed by atoms with Gasteiger partial charge in [0.2, 0.25) is 0 Å². The Morgan fingerprint density at radius 1 is 1.47 bits per heavy atom. The Morgan fingerprint density at radius 3 is 2.94 bits per heavy atom. The summed E-state index contributed by atoms with van der Waals surface area (Å²) >= 11 is 0. The van der Waals surface area contributed by atoms with Gasteiger partial charge in [0.25, 0.3) is 0 Å². The summed E-state index contributed by atoms with van der Waals surface area (Å²) in [5, 5.41) is 0. The van der Waals surface area contributed by atoms with E-state index in [1.54, 1.807) is 0 Å². The first-order valence-electron chi connectivity index (χ1n) is 6.10. The Balaban J connectivity index is 2.20. The molecule has 0 aliphatic heterocycles. The first kappa shape index (κ1) is 12.1. The van der Waals surface area contributed by atoms with E-state index < -0.39 is 0 Å². The molecule has 3 nitrogen and oxygen atoms in total. The molecule has 0 fully saturated rings. The Bertz CT molecular complexity index is 400. The van der Waals surface area contributed by atoms with Crippen molar-refractivity contribution in [2.45, 2.75) is 32.1 Å². The van der Waals surface area contributed by atoms with Crippen LogP contribution in [0, 0.1) is 5.92 Å². The molecule has 2 rings (SSSR count). The standard InChI is InChI=1S/C14H18O3/c1-3-11(14(15)17-16-2)13-9-8-10-6-4-5-7-12(10)13/h4-7,11,13H,3,8-9H2,1-2H3. The van der Waals surface area contributed by atoms with Crippen molar-refractivity contribution in [3.8, 4) is 0 Å². The van der Waals surface area contributed by atoms with Gasteiger partial charge < -0.3 is 0 Å². The van der Waals surface area contributed by atoms with Crippen LogP contribution in [0.25, 0.3) is 0 Å². The molecule has 1 aliphatic carbocycles. The van der Waals surface area contributed by atoms with Crippen molar-refractivity contribution in [3.05, 3.63) is 35.4 Å². The molecule has 0 radical (unpaired) electrons. The molecule has 1 aliphatic rings. The van der Waals surface area contributed by atoms with Crippen molar-refractivity contribution >= 4 is 5.97 Å². The summed E-state index contributed by atoms with van der Waals surface area (Å²) in [4.78, 5) is 21.0. The van der Waals surface area contributed by atoms with Gasteiger partial charge in [-0.25, -0.2) is 4.79 Å². The molecule has 1 aromatic rings. The SMILES string of the molecule is CCC(C(=O)OOC)C1CCc2ccccc21. The van der Waals surface area contributed by atoms with E-state index in [1.807, 2.05) is 13.0 Å². The van der Waals surface area contributed by atoms with Gasteiger partial charge in [-0.15, -0.1) is 0 Å². The van der Waals surface area contributed by atoms with Crippen molar-refractivity contribution in [3.63, 3.8) is 0 Å². The van der Waals surface area contributed by atoms with Crippen LogP contribution in [0.5, 0.6) is 0 Å². The van der Waals surface area contributed by atoms with Crippen LogP contribution in [0.3, 0.4) is 0 Å². The lowest BCUT2D eigenvalue weighted by Gasteiger charge is -2.20. The molecule has 92 valence electrons. The van der Waals surface area contributed by atoms with Gasteiger partial charge in [-0.1, -0.05) is 31.2 Å². The Morgan fingerprint density at radius 2 is 2.24 bits per heavy atom. The molecular weight excluding hydrogens is 216 g/mol. The van der Waals surface area contributed by atoms with Crippen LogP contribution >= 0.6 is 0 Å². The molecule has 0 heterocycles. The maximum atomic E-state index is 11.8. The highest BCUT2D eigenvalue weighted by Gasteiger charge is 2.34. The topological polar surface area (TPSA) is 35.5 Å². The molecule has 0 N–H and O–H groups in total. The predicted octanol–water partition coefficient (Wildman–Crippen LogP) is 2.85. The third kappa shape index (κ3) is 2.34. The Hall–Kier alpha value is -1.35. The zero-order valence-electron chi connectivity index (χ0n) is 10.3. The van der Waals surface area contributed by atoms with Gasteiger partial charge in [0.1, 0.15) is 0 Å². The van der Waals surface area contributed by atoms with Crippen molar-refractivity contribution in [1.82, 2.24) is 0 Å². The average molecular weight is 234 g/mol. The van der Waals surface area contributed by atoms with Gasteiger partial charge in [0.15, 0.2) is 0 Å². The van der Waals surface area contributed by atoms with Crippen LogP contribution in [0.2, 0.25) is 0 Å². The van der Waals surface area contributed by atoms with Crippen LogP contribution < -0.4 is 0 Å². The Labute approximate surface area is 102 Å². The summed E-state index contributed by atoms with van der Waals surface area (Å²) in [5.41, 5.74) is 2.66. The summed E-state index contributed by atoms with van der Waals surface area (Å²) in [5.74, 6) is -0.0749. The van der Waals surface area contributed by atoms with Crippen molar-refractivity contribution in [2.24, 2.45) is 5.92 Å². The molecule has 0 bridgehead atoms. The van der Waals surface area contributed by atoms with E-state index >= 15 is 0 Å². The van der Waals surface area contributed by atoms with Crippen molar-refractivity contribution in [1.29, 1.82) is 0 Å². The largest absolute Gasteiger partial charge is 0.345 e. The molecule has 0 saturated heterocycles. The maximum Gasteiger partial charge on any atom is 0.345 e. The smallest absolute Gasteiger partial charge is 0.298 e. The van der Waals surface area contributed by atoms with Crippen LogP contribution in [0.15, 0.2) is 24.3 Å². The fourth-order valence-electron chi connectivity index (χ4n) is 2.77. The number of carbonyl (C=O) groups is 1. The highest BCUT2D eigenvalue weighted by atomic mass is 17.2. The number of hydrogen-bond acceptors (Lipinski definition) is 3. The maximum absolute atomic E-state index is 11.8. The summed E-state index contributed by atoms with van der Waals surface area (Å²) in [7, 11) is 1.37. The lowest BCUT2D eigenvalue weighted by atomic mass is 9.85. The second kappa shape index (κ2) is 5.32. The fourth-order valence-corrected chi connectivity index (χ4v) is 2.77. The zero-order chi connectivity index (χ0) is 12.3. The molecule has 3 heteroatoms. The van der Waals surface area contributed by atoms with Gasteiger partial charge in [-0.2, -0.15) is 4.89 Å². The number of carbonyl (C=O) groups excluding carboxylic acids is 1. The number of fused-ring (bicyclic) bond motifs is 1. The molecule has 1 aromatic carbocycles. The number of benzene rings is 1. The van der Waals surface area contributed by atoms with Crippen LogP contribution in [0.1, 0.15) is 36.8 Å². The lowest BCUT2D eigenvalue weighted by molar-refractivity contribution is -0.259. The second-order valence-electron chi connectivity index (χ2n) is 4.43. The fraction of sp³-hybridized carbons (Fsp3) is 0.500. The molecule has 2 atom stereocenters. The third-order valence-corrected chi connectivity index (χ3v) is 3.57. The molecule has 0 amide bonds. The van der Waals surface area contributed by atoms with E-state index in [-0.39, 0.29) is 17.8 Å². The quantitative estimate of drug-likeness (QED) is 0.593. The van der Waals surface area contributed by atoms with Gasteiger partial charge in [0, 0.05) is 0 Å². The van der Waals surface area contributed by atoms with E-state index in [9.17, 15) is 4.79 Å². The second-order valence-corrected chi connectivity index (χ2v) is 4.43. The van der Waals surface area contributed by atoms with E-state index in [0.717, 1.165) is 19.3 Å². The van der Waals surface area contributed by atoms with E-state index in [2.05, 4.69) is 28.0 Å². The number of hydrogen-bond donors (Lipinski definition) is 0. The van der Waals surface area contributed by atoms with Gasteiger partial charge >= 0.3 is 5.97 Å². The highest BCUT2D eigenvalue weighted by Crippen LogP contribution is 2.39. The summed E-state index contributed by atoms with van der Waals surface area (Å²) in [6.45, 7) is 2.02. The predicted molar refractivity (Wildman–Crippen MR) is 64.4 cm³/mol. The first-order valence-corrected chi connectivity index (χ1v) is 6.10. The molecule has 0 spiro atoms. The number of rotatable bonds is 4. The molecule has 17 heavy (non-hydrogen) atoms. The van der Waals surface area contributed by atoms with E-state index in [4.69, 9.17) is 0 Å². The molecule has 0 saturated carbocycles. The third-order valence-electron chi connectivity index (χ3n) is 3.57. The lowest BCUT2D eigenvalue weighted by Crippen LogP contribution is -2.22. The normalized spacial score (nSPS) is 19.8. The monoisotopic (exact) mass is 234 g/mol. The molecule has 2 unspecified atom stereocenters. The minimum absolute atomic E-state index is 0.0985.